The maximum Gasteiger partial charge on any atom is 0.0996 e. The maximum absolute atomic E-state index is 10.3. The maximum atomic E-state index is 10.3. The first-order chi connectivity index (χ1) is 8.49. The van der Waals surface area contributed by atoms with Crippen LogP contribution in [0.4, 0.5) is 0 Å². The molecule has 0 aliphatic heterocycles. The second-order valence-corrected chi connectivity index (χ2v) is 4.98. The Balaban J connectivity index is 2.27. The third-order valence-corrected chi connectivity index (χ3v) is 3.44. The van der Waals surface area contributed by atoms with Crippen molar-refractivity contribution in [1.29, 1.82) is 0 Å². The van der Waals surface area contributed by atoms with E-state index in [4.69, 9.17) is 0 Å². The van der Waals surface area contributed by atoms with Gasteiger partial charge in [-0.1, -0.05) is 17.7 Å². The number of rotatable bonds is 3. The molecule has 0 aliphatic rings. The molecule has 0 radical (unpaired) electrons. The van der Waals surface area contributed by atoms with Gasteiger partial charge in [-0.25, -0.2) is 0 Å². The number of aliphatic hydroxyl groups excluding tert-OH is 1. The molecule has 0 amide bonds. The smallest absolute Gasteiger partial charge is 0.0996 e. The molecule has 0 saturated carbocycles. The summed E-state index contributed by atoms with van der Waals surface area (Å²) in [7, 11) is 1.85. The normalized spacial score (nSPS) is 12.7. The van der Waals surface area contributed by atoms with Crippen molar-refractivity contribution in [1.82, 2.24) is 9.78 Å². The second kappa shape index (κ2) is 4.94. The van der Waals surface area contributed by atoms with Crippen molar-refractivity contribution in [3.05, 3.63) is 52.3 Å². The third kappa shape index (κ3) is 2.46. The highest BCUT2D eigenvalue weighted by molar-refractivity contribution is 5.38. The van der Waals surface area contributed by atoms with E-state index < -0.39 is 6.10 Å². The summed E-state index contributed by atoms with van der Waals surface area (Å²) in [6.45, 7) is 6.30. The van der Waals surface area contributed by atoms with E-state index >= 15 is 0 Å². The van der Waals surface area contributed by atoms with E-state index in [2.05, 4.69) is 38.0 Å². The Hall–Kier alpha value is -1.61. The summed E-state index contributed by atoms with van der Waals surface area (Å²) in [6.07, 6.45) is 1.85. The zero-order valence-corrected chi connectivity index (χ0v) is 11.4. The van der Waals surface area contributed by atoms with Crippen LogP contribution >= 0.6 is 0 Å². The molecule has 3 nitrogen and oxygen atoms in total. The Morgan fingerprint density at radius 1 is 1.22 bits per heavy atom. The van der Waals surface area contributed by atoms with Gasteiger partial charge in [-0.05, 0) is 43.5 Å². The van der Waals surface area contributed by atoms with Crippen LogP contribution in [-0.2, 0) is 13.5 Å². The highest BCUT2D eigenvalue weighted by atomic mass is 16.3. The number of aryl methyl sites for hydroxylation is 4. The first-order valence-corrected chi connectivity index (χ1v) is 6.21. The van der Waals surface area contributed by atoms with Gasteiger partial charge in [-0.2, -0.15) is 5.10 Å². The molecule has 1 atom stereocenters. The molecular formula is C15H20N2O. The zero-order valence-electron chi connectivity index (χ0n) is 11.4. The van der Waals surface area contributed by atoms with Gasteiger partial charge in [0.15, 0.2) is 0 Å². The van der Waals surface area contributed by atoms with Gasteiger partial charge in [0, 0.05) is 19.7 Å². The Morgan fingerprint density at radius 3 is 2.33 bits per heavy atom. The summed E-state index contributed by atoms with van der Waals surface area (Å²) in [4.78, 5) is 0. The standard InChI is InChI=1S/C15H20N2O/c1-10-7-11(2)13(12(3)8-10)9-15(18)14-5-6-16-17(14)4/h5-8,15,18H,9H2,1-4H3. The van der Waals surface area contributed by atoms with Crippen molar-refractivity contribution < 1.29 is 5.11 Å². The summed E-state index contributed by atoms with van der Waals surface area (Å²) in [5.41, 5.74) is 5.84. The quantitative estimate of drug-likeness (QED) is 0.901. The third-order valence-electron chi connectivity index (χ3n) is 3.44. The first-order valence-electron chi connectivity index (χ1n) is 6.21. The molecule has 0 spiro atoms. The molecule has 0 saturated heterocycles. The fraction of sp³-hybridized carbons (Fsp3) is 0.400. The minimum Gasteiger partial charge on any atom is -0.386 e. The zero-order chi connectivity index (χ0) is 13.3. The second-order valence-electron chi connectivity index (χ2n) is 4.98. The molecule has 2 rings (SSSR count). The predicted octanol–water partition coefficient (Wildman–Crippen LogP) is 2.62. The molecule has 2 aromatic rings. The van der Waals surface area contributed by atoms with Crippen LogP contribution in [0, 0.1) is 20.8 Å². The van der Waals surface area contributed by atoms with E-state index in [0.717, 1.165) is 5.69 Å². The molecular weight excluding hydrogens is 224 g/mol. The van der Waals surface area contributed by atoms with Gasteiger partial charge in [0.2, 0.25) is 0 Å². The van der Waals surface area contributed by atoms with Crippen LogP contribution in [0.15, 0.2) is 24.4 Å². The first kappa shape index (κ1) is 12.8. The van der Waals surface area contributed by atoms with Crippen molar-refractivity contribution in [3.8, 4) is 0 Å². The van der Waals surface area contributed by atoms with Gasteiger partial charge >= 0.3 is 0 Å². The number of hydrogen-bond acceptors (Lipinski definition) is 2. The Morgan fingerprint density at radius 2 is 1.83 bits per heavy atom. The summed E-state index contributed by atoms with van der Waals surface area (Å²) in [6, 6.07) is 6.19. The van der Waals surface area contributed by atoms with Crippen LogP contribution in [0.25, 0.3) is 0 Å². The topological polar surface area (TPSA) is 38.1 Å². The van der Waals surface area contributed by atoms with Crippen LogP contribution in [0.2, 0.25) is 0 Å². The average molecular weight is 244 g/mol. The molecule has 0 bridgehead atoms. The lowest BCUT2D eigenvalue weighted by molar-refractivity contribution is 0.168. The van der Waals surface area contributed by atoms with E-state index in [1.54, 1.807) is 10.9 Å². The highest BCUT2D eigenvalue weighted by Crippen LogP contribution is 2.23. The molecule has 1 aromatic heterocycles. The van der Waals surface area contributed by atoms with Gasteiger partial charge in [-0.15, -0.1) is 0 Å². The number of benzene rings is 1. The minimum absolute atomic E-state index is 0.502. The monoisotopic (exact) mass is 244 g/mol. The van der Waals surface area contributed by atoms with Crippen LogP contribution in [0.5, 0.6) is 0 Å². The van der Waals surface area contributed by atoms with Crippen molar-refractivity contribution in [3.63, 3.8) is 0 Å². The predicted molar refractivity (Wildman–Crippen MR) is 72.5 cm³/mol. The molecule has 18 heavy (non-hydrogen) atoms. The number of hydrogen-bond donors (Lipinski definition) is 1. The van der Waals surface area contributed by atoms with Gasteiger partial charge in [0.25, 0.3) is 0 Å². The van der Waals surface area contributed by atoms with Crippen LogP contribution in [-0.4, -0.2) is 14.9 Å². The summed E-state index contributed by atoms with van der Waals surface area (Å²) >= 11 is 0. The Kier molecular flexibility index (Phi) is 3.53. The fourth-order valence-electron chi connectivity index (χ4n) is 2.54. The van der Waals surface area contributed by atoms with E-state index in [0.29, 0.717) is 6.42 Å². The fourth-order valence-corrected chi connectivity index (χ4v) is 2.54. The van der Waals surface area contributed by atoms with Crippen molar-refractivity contribution in [2.45, 2.75) is 33.3 Å². The number of nitrogens with zero attached hydrogens (tertiary/aromatic N) is 2. The van der Waals surface area contributed by atoms with E-state index in [1.165, 1.54) is 22.3 Å². The molecule has 1 unspecified atom stereocenters. The van der Waals surface area contributed by atoms with Crippen molar-refractivity contribution in [2.24, 2.45) is 7.05 Å². The van der Waals surface area contributed by atoms with E-state index in [9.17, 15) is 5.11 Å². The molecule has 1 aromatic carbocycles. The molecule has 1 heterocycles. The highest BCUT2D eigenvalue weighted by Gasteiger charge is 2.15. The van der Waals surface area contributed by atoms with Gasteiger partial charge in [0.05, 0.1) is 11.8 Å². The molecule has 96 valence electrons. The lowest BCUT2D eigenvalue weighted by atomic mass is 9.94. The number of aliphatic hydroxyl groups is 1. The van der Waals surface area contributed by atoms with Gasteiger partial charge in [-0.3, -0.25) is 4.68 Å². The summed E-state index contributed by atoms with van der Waals surface area (Å²) in [5.74, 6) is 0. The van der Waals surface area contributed by atoms with E-state index in [1.807, 2.05) is 13.1 Å². The van der Waals surface area contributed by atoms with Gasteiger partial charge < -0.3 is 5.11 Å². The average Bonchev–Trinajstić information content (AvgIpc) is 2.69. The Bertz CT molecular complexity index is 534. The molecule has 0 fully saturated rings. The van der Waals surface area contributed by atoms with Crippen LogP contribution < -0.4 is 0 Å². The lowest BCUT2D eigenvalue weighted by Crippen LogP contribution is -2.09. The number of aromatic nitrogens is 2. The largest absolute Gasteiger partial charge is 0.386 e. The summed E-state index contributed by atoms with van der Waals surface area (Å²) < 4.78 is 1.73. The summed E-state index contributed by atoms with van der Waals surface area (Å²) in [5, 5.41) is 14.4. The van der Waals surface area contributed by atoms with Crippen LogP contribution in [0.3, 0.4) is 0 Å². The Labute approximate surface area is 108 Å². The molecule has 3 heteroatoms. The minimum atomic E-state index is -0.502. The SMILES string of the molecule is Cc1cc(C)c(CC(O)c2ccnn2C)c(C)c1. The molecule has 0 aliphatic carbocycles. The van der Waals surface area contributed by atoms with Crippen LogP contribution in [0.1, 0.15) is 34.1 Å². The van der Waals surface area contributed by atoms with E-state index in [-0.39, 0.29) is 0 Å². The van der Waals surface area contributed by atoms with Crippen molar-refractivity contribution in [2.75, 3.05) is 0 Å². The van der Waals surface area contributed by atoms with Crippen molar-refractivity contribution >= 4 is 0 Å². The molecule has 1 N–H and O–H groups in total. The lowest BCUT2D eigenvalue weighted by Gasteiger charge is -2.16. The van der Waals surface area contributed by atoms with Gasteiger partial charge in [0.1, 0.15) is 0 Å².